The fourth-order valence-corrected chi connectivity index (χ4v) is 0.742. The molecule has 14 heavy (non-hydrogen) atoms. The summed E-state index contributed by atoms with van der Waals surface area (Å²) in [4.78, 5) is 31.2. The summed E-state index contributed by atoms with van der Waals surface area (Å²) in [6, 6.07) is 0. The minimum atomic E-state index is -1.26. The molecule has 0 aromatic carbocycles. The van der Waals surface area contributed by atoms with Crippen molar-refractivity contribution in [2.45, 2.75) is 0 Å². The molecular formula is C6H9CaNO6. The molecule has 0 bridgehead atoms. The van der Waals surface area contributed by atoms with Crippen LogP contribution in [-0.2, 0) is 14.4 Å². The van der Waals surface area contributed by atoms with Gasteiger partial charge in [0.2, 0.25) is 0 Å². The standard InChI is InChI=1S/C6H9NO6.Ca/c8-4(9)1-7(2-5(10)11)3-6(12)13;/h1-3H2,(H,8,9)(H,10,11)(H,12,13);. The van der Waals surface area contributed by atoms with Gasteiger partial charge in [-0.25, -0.2) is 0 Å². The zero-order valence-corrected chi connectivity index (χ0v) is 9.55. The molecule has 0 rings (SSSR count). The molecule has 0 saturated heterocycles. The SMILES string of the molecule is O=C(O)CN(CC(=O)O)CC(=O)O.[Ca]. The van der Waals surface area contributed by atoms with Crippen molar-refractivity contribution in [3.63, 3.8) is 0 Å². The van der Waals surface area contributed by atoms with Gasteiger partial charge in [-0.2, -0.15) is 0 Å². The average Bonchev–Trinajstić information content (AvgIpc) is 1.80. The van der Waals surface area contributed by atoms with Crippen LogP contribution in [0.1, 0.15) is 0 Å². The van der Waals surface area contributed by atoms with Crippen molar-refractivity contribution >= 4 is 55.6 Å². The minimum absolute atomic E-state index is 0. The summed E-state index contributed by atoms with van der Waals surface area (Å²) in [7, 11) is 0. The van der Waals surface area contributed by atoms with E-state index in [9.17, 15) is 14.4 Å². The first-order chi connectivity index (χ1) is 5.91. The summed E-state index contributed by atoms with van der Waals surface area (Å²) in [6.07, 6.45) is 0. The molecule has 76 valence electrons. The maximum absolute atomic E-state index is 10.1. The molecule has 0 aliphatic rings. The van der Waals surface area contributed by atoms with Crippen LogP contribution >= 0.6 is 0 Å². The number of carbonyl (C=O) groups is 3. The first kappa shape index (κ1) is 16.1. The minimum Gasteiger partial charge on any atom is -0.480 e. The number of aliphatic carboxylic acids is 3. The summed E-state index contributed by atoms with van der Waals surface area (Å²) in [5.41, 5.74) is 0. The average molecular weight is 231 g/mol. The third kappa shape index (κ3) is 9.72. The predicted octanol–water partition coefficient (Wildman–Crippen LogP) is -1.84. The third-order valence-corrected chi connectivity index (χ3v) is 1.08. The quantitative estimate of drug-likeness (QED) is 0.460. The largest absolute Gasteiger partial charge is 0.480 e. The summed E-state index contributed by atoms with van der Waals surface area (Å²) in [5, 5.41) is 24.8. The van der Waals surface area contributed by atoms with Crippen molar-refractivity contribution in [2.24, 2.45) is 0 Å². The van der Waals surface area contributed by atoms with Crippen LogP contribution in [0.5, 0.6) is 0 Å². The van der Waals surface area contributed by atoms with Gasteiger partial charge in [-0.05, 0) is 0 Å². The molecule has 0 fully saturated rings. The molecule has 8 heteroatoms. The van der Waals surface area contributed by atoms with E-state index in [4.69, 9.17) is 15.3 Å². The predicted molar refractivity (Wildman–Crippen MR) is 45.1 cm³/mol. The summed E-state index contributed by atoms with van der Waals surface area (Å²) < 4.78 is 0. The normalized spacial score (nSPS) is 9.21. The Bertz CT molecular complexity index is 192. The fraction of sp³-hybridized carbons (Fsp3) is 0.500. The summed E-state index contributed by atoms with van der Waals surface area (Å²) in [5.74, 6) is -3.78. The van der Waals surface area contributed by atoms with Crippen molar-refractivity contribution < 1.29 is 29.7 Å². The molecule has 0 aromatic heterocycles. The van der Waals surface area contributed by atoms with Crippen LogP contribution in [0.3, 0.4) is 0 Å². The molecule has 2 radical (unpaired) electrons. The van der Waals surface area contributed by atoms with Crippen LogP contribution in [0.15, 0.2) is 0 Å². The number of rotatable bonds is 6. The molecule has 3 N–H and O–H groups in total. The topological polar surface area (TPSA) is 115 Å². The Morgan fingerprint density at radius 3 is 1.14 bits per heavy atom. The molecule has 0 unspecified atom stereocenters. The van der Waals surface area contributed by atoms with Gasteiger partial charge in [-0.3, -0.25) is 19.3 Å². The van der Waals surface area contributed by atoms with Crippen LogP contribution in [0.4, 0.5) is 0 Å². The van der Waals surface area contributed by atoms with Crippen LogP contribution < -0.4 is 0 Å². The molecule has 7 nitrogen and oxygen atoms in total. The smallest absolute Gasteiger partial charge is 0.317 e. The van der Waals surface area contributed by atoms with E-state index in [0.29, 0.717) is 0 Å². The van der Waals surface area contributed by atoms with E-state index in [0.717, 1.165) is 4.90 Å². The molecule has 0 atom stereocenters. The van der Waals surface area contributed by atoms with E-state index in [2.05, 4.69) is 0 Å². The van der Waals surface area contributed by atoms with Crippen molar-refractivity contribution in [3.05, 3.63) is 0 Å². The van der Waals surface area contributed by atoms with Crippen LogP contribution in [0.2, 0.25) is 0 Å². The van der Waals surface area contributed by atoms with Crippen molar-refractivity contribution in [2.75, 3.05) is 19.6 Å². The number of carboxylic acid groups (broad SMARTS) is 3. The first-order valence-corrected chi connectivity index (χ1v) is 3.29. The van der Waals surface area contributed by atoms with Gasteiger partial charge < -0.3 is 15.3 Å². The Kier molecular flexibility index (Phi) is 9.16. The second kappa shape index (κ2) is 7.98. The zero-order chi connectivity index (χ0) is 10.4. The maximum atomic E-state index is 10.1. The number of nitrogens with zero attached hydrogens (tertiary/aromatic N) is 1. The van der Waals surface area contributed by atoms with E-state index < -0.39 is 37.5 Å². The monoisotopic (exact) mass is 231 g/mol. The summed E-state index contributed by atoms with van der Waals surface area (Å²) in [6.45, 7) is -1.80. The Labute approximate surface area is 109 Å². The third-order valence-electron chi connectivity index (χ3n) is 1.08. The second-order valence-corrected chi connectivity index (χ2v) is 2.33. The van der Waals surface area contributed by atoms with E-state index >= 15 is 0 Å². The van der Waals surface area contributed by atoms with Crippen LogP contribution in [0, 0.1) is 0 Å². The van der Waals surface area contributed by atoms with E-state index in [1.807, 2.05) is 0 Å². The first-order valence-electron chi connectivity index (χ1n) is 3.29. The zero-order valence-electron chi connectivity index (χ0n) is 7.34. The van der Waals surface area contributed by atoms with Gasteiger partial charge in [0.05, 0.1) is 19.6 Å². The Hall–Kier alpha value is -0.370. The van der Waals surface area contributed by atoms with Gasteiger partial charge in [0.1, 0.15) is 0 Å². The van der Waals surface area contributed by atoms with E-state index in [-0.39, 0.29) is 37.7 Å². The molecule has 0 aliphatic carbocycles. The Morgan fingerprint density at radius 1 is 0.786 bits per heavy atom. The Morgan fingerprint density at radius 2 is 1.00 bits per heavy atom. The summed E-state index contributed by atoms with van der Waals surface area (Å²) >= 11 is 0. The van der Waals surface area contributed by atoms with Gasteiger partial charge in [0, 0.05) is 37.7 Å². The Balaban J connectivity index is 0. The number of carboxylic acids is 3. The van der Waals surface area contributed by atoms with E-state index in [1.165, 1.54) is 0 Å². The molecular weight excluding hydrogens is 222 g/mol. The van der Waals surface area contributed by atoms with Gasteiger partial charge >= 0.3 is 17.9 Å². The molecule has 0 amide bonds. The molecule has 0 spiro atoms. The van der Waals surface area contributed by atoms with Gasteiger partial charge in [-0.15, -0.1) is 0 Å². The van der Waals surface area contributed by atoms with Gasteiger partial charge in [0.15, 0.2) is 0 Å². The molecule has 0 aromatic rings. The van der Waals surface area contributed by atoms with Crippen molar-refractivity contribution in [3.8, 4) is 0 Å². The molecule has 0 heterocycles. The maximum Gasteiger partial charge on any atom is 0.317 e. The van der Waals surface area contributed by atoms with Crippen LogP contribution in [0.25, 0.3) is 0 Å². The second-order valence-electron chi connectivity index (χ2n) is 2.33. The van der Waals surface area contributed by atoms with Gasteiger partial charge in [0.25, 0.3) is 0 Å². The molecule has 0 saturated carbocycles. The molecule has 0 aliphatic heterocycles. The van der Waals surface area contributed by atoms with Gasteiger partial charge in [-0.1, -0.05) is 0 Å². The fourth-order valence-electron chi connectivity index (χ4n) is 0.742. The van der Waals surface area contributed by atoms with Crippen molar-refractivity contribution in [1.82, 2.24) is 4.90 Å². The number of hydrogen-bond acceptors (Lipinski definition) is 4. The van der Waals surface area contributed by atoms with Crippen molar-refractivity contribution in [1.29, 1.82) is 0 Å². The van der Waals surface area contributed by atoms with Crippen LogP contribution in [-0.4, -0.2) is 95.5 Å². The number of hydrogen-bond donors (Lipinski definition) is 3. The van der Waals surface area contributed by atoms with E-state index in [1.54, 1.807) is 0 Å².